The smallest absolute Gasteiger partial charge is 0.396 e. The van der Waals surface area contributed by atoms with Crippen LogP contribution in [0.25, 0.3) is 0 Å². The summed E-state index contributed by atoms with van der Waals surface area (Å²) in [4.78, 5) is 13.9. The summed E-state index contributed by atoms with van der Waals surface area (Å²) >= 11 is 5.91. The number of hydrogen-bond donors (Lipinski definition) is 2. The Morgan fingerprint density at radius 2 is 2.12 bits per heavy atom. The molecule has 0 spiro atoms. The molecule has 0 aromatic heterocycles. The zero-order valence-electron chi connectivity index (χ0n) is 13.8. The minimum Gasteiger partial charge on any atom is -0.396 e. The van der Waals surface area contributed by atoms with E-state index in [4.69, 9.17) is 11.6 Å². The van der Waals surface area contributed by atoms with Crippen LogP contribution in [-0.2, 0) is 6.18 Å². The molecule has 8 heteroatoms. The van der Waals surface area contributed by atoms with E-state index in [-0.39, 0.29) is 30.3 Å². The van der Waals surface area contributed by atoms with Crippen LogP contribution in [0.3, 0.4) is 0 Å². The fourth-order valence-corrected chi connectivity index (χ4v) is 3.49. The molecule has 140 valence electrons. The van der Waals surface area contributed by atoms with Gasteiger partial charge in [0.2, 0.25) is 0 Å². The first-order valence-corrected chi connectivity index (χ1v) is 8.47. The number of likely N-dealkylation sites (tertiary alicyclic amines) is 1. The molecule has 2 rings (SSSR count). The Hall–Kier alpha value is -1.31. The van der Waals surface area contributed by atoms with Gasteiger partial charge in [-0.15, -0.1) is 0 Å². The van der Waals surface area contributed by atoms with Crippen molar-refractivity contribution in [1.29, 1.82) is 0 Å². The van der Waals surface area contributed by atoms with Gasteiger partial charge in [0.05, 0.1) is 28.9 Å². The van der Waals surface area contributed by atoms with Crippen LogP contribution in [0.15, 0.2) is 18.2 Å². The Morgan fingerprint density at radius 1 is 1.44 bits per heavy atom. The van der Waals surface area contributed by atoms with Crippen LogP contribution in [0.4, 0.5) is 13.2 Å². The lowest BCUT2D eigenvalue weighted by Crippen LogP contribution is -2.54. The van der Waals surface area contributed by atoms with Gasteiger partial charge in [-0.2, -0.15) is 13.2 Å². The maximum Gasteiger partial charge on any atom is 0.416 e. The second kappa shape index (κ2) is 7.51. The molecule has 1 aliphatic heterocycles. The second-order valence-corrected chi connectivity index (χ2v) is 6.89. The maximum absolute atomic E-state index is 12.9. The monoisotopic (exact) mass is 379 g/mol. The molecule has 1 fully saturated rings. The Kier molecular flexibility index (Phi) is 6.01. The first kappa shape index (κ1) is 20.0. The summed E-state index contributed by atoms with van der Waals surface area (Å²) in [6, 6.07) is 2.60. The molecule has 1 heterocycles. The van der Waals surface area contributed by atoms with Crippen molar-refractivity contribution < 1.29 is 28.2 Å². The molecule has 0 saturated carbocycles. The normalized spacial score (nSPS) is 24.4. The van der Waals surface area contributed by atoms with E-state index in [0.29, 0.717) is 12.8 Å². The minimum atomic E-state index is -4.58. The Labute approximate surface area is 149 Å². The summed E-state index contributed by atoms with van der Waals surface area (Å²) in [7, 11) is 0. The van der Waals surface area contributed by atoms with Gasteiger partial charge in [0.1, 0.15) is 0 Å². The highest BCUT2D eigenvalue weighted by Gasteiger charge is 2.42. The van der Waals surface area contributed by atoms with Crippen molar-refractivity contribution in [2.75, 3.05) is 19.7 Å². The molecule has 0 bridgehead atoms. The molecular formula is C17H21ClF3NO3. The number of nitrogens with zero attached hydrogens (tertiary/aromatic N) is 1. The molecule has 4 nitrogen and oxygen atoms in total. The standard InChI is InChI=1S/C17H21ClF3NO3/c1-2-5-16(10-23)6-7-22(9-14(16)24)15(25)12-8-11(17(19,20)21)3-4-13(12)18/h3-4,8,14,23-24H,2,5-7,9-10H2,1H3/t14-,16-/m1/s1. The van der Waals surface area contributed by atoms with E-state index in [9.17, 15) is 28.2 Å². The number of hydrogen-bond acceptors (Lipinski definition) is 3. The van der Waals surface area contributed by atoms with Gasteiger partial charge in [-0.1, -0.05) is 24.9 Å². The summed E-state index contributed by atoms with van der Waals surface area (Å²) in [5.41, 5.74) is -1.87. The van der Waals surface area contributed by atoms with Crippen molar-refractivity contribution in [1.82, 2.24) is 4.90 Å². The van der Waals surface area contributed by atoms with Crippen LogP contribution in [-0.4, -0.2) is 46.8 Å². The van der Waals surface area contributed by atoms with E-state index >= 15 is 0 Å². The molecular weight excluding hydrogens is 359 g/mol. The zero-order chi connectivity index (χ0) is 18.8. The van der Waals surface area contributed by atoms with Crippen molar-refractivity contribution in [2.24, 2.45) is 5.41 Å². The number of halogens is 4. The van der Waals surface area contributed by atoms with Crippen LogP contribution >= 0.6 is 11.6 Å². The van der Waals surface area contributed by atoms with Gasteiger partial charge in [0.25, 0.3) is 5.91 Å². The predicted molar refractivity (Wildman–Crippen MR) is 87.4 cm³/mol. The number of β-amino-alcohol motifs (C(OH)–C–C–N with tert-alkyl or cyclic N) is 1. The van der Waals surface area contributed by atoms with Gasteiger partial charge in [-0.25, -0.2) is 0 Å². The van der Waals surface area contributed by atoms with E-state index < -0.39 is 29.2 Å². The minimum absolute atomic E-state index is 0.0496. The number of aliphatic hydroxyl groups is 2. The van der Waals surface area contributed by atoms with Gasteiger partial charge in [-0.3, -0.25) is 4.79 Å². The van der Waals surface area contributed by atoms with E-state index in [1.165, 1.54) is 4.90 Å². The van der Waals surface area contributed by atoms with Gasteiger partial charge in [-0.05, 0) is 31.0 Å². The van der Waals surface area contributed by atoms with Crippen LogP contribution < -0.4 is 0 Å². The number of carbonyl (C=O) groups is 1. The van der Waals surface area contributed by atoms with Crippen molar-refractivity contribution >= 4 is 17.5 Å². The number of alkyl halides is 3. The highest BCUT2D eigenvalue weighted by Crippen LogP contribution is 2.37. The van der Waals surface area contributed by atoms with Gasteiger partial charge < -0.3 is 15.1 Å². The number of piperidine rings is 1. The van der Waals surface area contributed by atoms with Crippen LogP contribution in [0, 0.1) is 5.41 Å². The molecule has 2 atom stereocenters. The van der Waals surface area contributed by atoms with Crippen LogP contribution in [0.2, 0.25) is 5.02 Å². The van der Waals surface area contributed by atoms with E-state index in [1.54, 1.807) is 0 Å². The molecule has 1 saturated heterocycles. The molecule has 2 N–H and O–H groups in total. The largest absolute Gasteiger partial charge is 0.416 e. The number of rotatable bonds is 4. The second-order valence-electron chi connectivity index (χ2n) is 6.48. The highest BCUT2D eigenvalue weighted by molar-refractivity contribution is 6.33. The molecule has 0 unspecified atom stereocenters. The average molecular weight is 380 g/mol. The lowest BCUT2D eigenvalue weighted by Gasteiger charge is -2.44. The summed E-state index contributed by atoms with van der Waals surface area (Å²) in [5.74, 6) is -0.654. The number of carbonyl (C=O) groups excluding carboxylic acids is 1. The lowest BCUT2D eigenvalue weighted by atomic mass is 9.73. The fraction of sp³-hybridized carbons (Fsp3) is 0.588. The van der Waals surface area contributed by atoms with E-state index in [0.717, 1.165) is 24.6 Å². The summed E-state index contributed by atoms with van der Waals surface area (Å²) in [5, 5.41) is 20.0. The summed E-state index contributed by atoms with van der Waals surface area (Å²) in [6.07, 6.45) is -3.77. The molecule has 1 aromatic carbocycles. The van der Waals surface area contributed by atoms with Crippen LogP contribution in [0.5, 0.6) is 0 Å². The van der Waals surface area contributed by atoms with Crippen molar-refractivity contribution in [3.05, 3.63) is 34.3 Å². The van der Waals surface area contributed by atoms with Crippen molar-refractivity contribution in [2.45, 2.75) is 38.5 Å². The van der Waals surface area contributed by atoms with Crippen LogP contribution in [0.1, 0.15) is 42.1 Å². The van der Waals surface area contributed by atoms with Crippen molar-refractivity contribution in [3.63, 3.8) is 0 Å². The zero-order valence-corrected chi connectivity index (χ0v) is 14.6. The SMILES string of the molecule is CCC[C@]1(CO)CCN(C(=O)c2cc(C(F)(F)F)ccc2Cl)C[C@H]1O. The Balaban J connectivity index is 2.23. The molecule has 0 radical (unpaired) electrons. The van der Waals surface area contributed by atoms with Gasteiger partial charge >= 0.3 is 6.18 Å². The molecule has 1 aromatic rings. The number of aliphatic hydroxyl groups excluding tert-OH is 2. The Morgan fingerprint density at radius 3 is 2.64 bits per heavy atom. The third-order valence-corrected chi connectivity index (χ3v) is 5.18. The predicted octanol–water partition coefficient (Wildman–Crippen LogP) is 3.34. The Bertz CT molecular complexity index is 638. The molecule has 1 aliphatic rings. The van der Waals surface area contributed by atoms with Gasteiger partial charge in [0.15, 0.2) is 0 Å². The van der Waals surface area contributed by atoms with E-state index in [2.05, 4.69) is 0 Å². The van der Waals surface area contributed by atoms with E-state index in [1.807, 2.05) is 6.92 Å². The maximum atomic E-state index is 12.9. The quantitative estimate of drug-likeness (QED) is 0.843. The average Bonchev–Trinajstić information content (AvgIpc) is 2.55. The number of benzene rings is 1. The fourth-order valence-electron chi connectivity index (χ4n) is 3.29. The third kappa shape index (κ3) is 4.10. The molecule has 25 heavy (non-hydrogen) atoms. The number of amides is 1. The topological polar surface area (TPSA) is 60.8 Å². The summed E-state index contributed by atoms with van der Waals surface area (Å²) < 4.78 is 38.6. The van der Waals surface area contributed by atoms with Crippen molar-refractivity contribution in [3.8, 4) is 0 Å². The molecule has 1 amide bonds. The molecule has 0 aliphatic carbocycles. The summed E-state index contributed by atoms with van der Waals surface area (Å²) in [6.45, 7) is 1.92. The third-order valence-electron chi connectivity index (χ3n) is 4.85. The first-order valence-electron chi connectivity index (χ1n) is 8.09. The van der Waals surface area contributed by atoms with Gasteiger partial charge in [0, 0.05) is 18.5 Å². The lowest BCUT2D eigenvalue weighted by molar-refractivity contribution is -0.137. The first-order chi connectivity index (χ1) is 11.6. The highest BCUT2D eigenvalue weighted by atomic mass is 35.5.